The molecule has 10 heteroatoms. The van der Waals surface area contributed by atoms with Gasteiger partial charge >= 0.3 is 19.8 Å². The fourth-order valence-electron chi connectivity index (χ4n) is 7.75. The lowest BCUT2D eigenvalue weighted by atomic mass is 10.1. The number of likely N-dealkylation sites (N-methyl/N-ethyl adjacent to an activating group) is 1. The SMILES string of the molecule is CC/C=C\C/C=C\C/C=C\C/C=C\C/C=C\C/C=C\C/C=C\C/C=C\C/C=C\C/C=C\C/C=C\CCCCCCCCCC(=O)OC(COC(=O)CCCCC/C=C\C/C=C\C/C=C\C/C=C\C/C=C\CC)COP(=O)(O)OCC[N+](C)(C)C. The van der Waals surface area contributed by atoms with Gasteiger partial charge in [0.25, 0.3) is 0 Å². The number of esters is 2. The van der Waals surface area contributed by atoms with Crippen molar-refractivity contribution in [1.29, 1.82) is 0 Å². The van der Waals surface area contributed by atoms with Crippen LogP contribution in [-0.4, -0.2) is 74.9 Å². The van der Waals surface area contributed by atoms with E-state index in [9.17, 15) is 19.0 Å². The highest BCUT2D eigenvalue weighted by molar-refractivity contribution is 7.47. The Morgan fingerprint density at radius 1 is 0.369 bits per heavy atom. The lowest BCUT2D eigenvalue weighted by Crippen LogP contribution is -2.37. The van der Waals surface area contributed by atoms with Gasteiger partial charge in [0.05, 0.1) is 27.7 Å². The van der Waals surface area contributed by atoms with Gasteiger partial charge in [0.2, 0.25) is 0 Å². The number of carbonyl (C=O) groups excluding carboxylic acids is 2. The zero-order chi connectivity index (χ0) is 61.2. The summed E-state index contributed by atoms with van der Waals surface area (Å²) in [6, 6.07) is 0. The third-order valence-corrected chi connectivity index (χ3v) is 13.6. The minimum Gasteiger partial charge on any atom is -0.462 e. The molecule has 2 unspecified atom stereocenters. The number of allylic oxidation sites excluding steroid dienone is 32. The van der Waals surface area contributed by atoms with Crippen molar-refractivity contribution < 1.29 is 42.1 Å². The molecule has 0 aliphatic rings. The molecule has 0 amide bonds. The second-order valence-electron chi connectivity index (χ2n) is 21.7. The Morgan fingerprint density at radius 3 is 0.964 bits per heavy atom. The van der Waals surface area contributed by atoms with Crippen molar-refractivity contribution >= 4 is 19.8 Å². The first-order valence-electron chi connectivity index (χ1n) is 32.2. The molecule has 0 fully saturated rings. The predicted octanol–water partition coefficient (Wildman–Crippen LogP) is 20.9. The molecular formula is C74H117NO8P+. The lowest BCUT2D eigenvalue weighted by molar-refractivity contribution is -0.870. The fraction of sp³-hybridized carbons (Fsp3) is 0.541. The molecular weight excluding hydrogens is 1060 g/mol. The van der Waals surface area contributed by atoms with Crippen LogP contribution >= 0.6 is 7.82 Å². The zero-order valence-corrected chi connectivity index (χ0v) is 54.2. The van der Waals surface area contributed by atoms with Crippen molar-refractivity contribution in [3.05, 3.63) is 194 Å². The molecule has 0 bridgehead atoms. The van der Waals surface area contributed by atoms with E-state index in [1.165, 1.54) is 12.8 Å². The van der Waals surface area contributed by atoms with E-state index in [1.54, 1.807) is 0 Å². The summed E-state index contributed by atoms with van der Waals surface area (Å²) < 4.78 is 34.5. The molecule has 2 atom stereocenters. The molecule has 1 N–H and O–H groups in total. The van der Waals surface area contributed by atoms with Crippen LogP contribution in [0.25, 0.3) is 0 Å². The highest BCUT2D eigenvalue weighted by atomic mass is 31.2. The summed E-state index contributed by atoms with van der Waals surface area (Å²) in [7, 11) is 1.42. The van der Waals surface area contributed by atoms with E-state index < -0.39 is 32.5 Å². The smallest absolute Gasteiger partial charge is 0.462 e. The Bertz CT molecular complexity index is 2120. The Morgan fingerprint density at radius 2 is 0.643 bits per heavy atom. The van der Waals surface area contributed by atoms with E-state index in [2.05, 4.69) is 208 Å². The van der Waals surface area contributed by atoms with Crippen molar-refractivity contribution in [2.24, 2.45) is 0 Å². The first-order valence-corrected chi connectivity index (χ1v) is 33.7. The van der Waals surface area contributed by atoms with Crippen LogP contribution in [0.15, 0.2) is 194 Å². The van der Waals surface area contributed by atoms with Crippen LogP contribution in [0.4, 0.5) is 0 Å². The first-order chi connectivity index (χ1) is 41.0. The van der Waals surface area contributed by atoms with E-state index in [-0.39, 0.29) is 26.1 Å². The molecule has 84 heavy (non-hydrogen) atoms. The van der Waals surface area contributed by atoms with Gasteiger partial charge in [-0.1, -0.05) is 247 Å². The largest absolute Gasteiger partial charge is 0.472 e. The number of ether oxygens (including phenoxy) is 2. The minimum absolute atomic E-state index is 0.0125. The van der Waals surface area contributed by atoms with Crippen molar-refractivity contribution in [3.8, 4) is 0 Å². The maximum Gasteiger partial charge on any atom is 0.472 e. The van der Waals surface area contributed by atoms with E-state index in [4.69, 9.17) is 18.5 Å². The molecule has 0 saturated carbocycles. The van der Waals surface area contributed by atoms with Crippen molar-refractivity contribution in [2.75, 3.05) is 47.5 Å². The summed E-state index contributed by atoms with van der Waals surface area (Å²) in [6.07, 6.45) is 98.0. The van der Waals surface area contributed by atoms with Crippen LogP contribution in [0.2, 0.25) is 0 Å². The molecule has 0 saturated heterocycles. The molecule has 0 aromatic heterocycles. The number of phosphoric ester groups is 1. The van der Waals surface area contributed by atoms with Gasteiger partial charge in [-0.15, -0.1) is 0 Å². The summed E-state index contributed by atoms with van der Waals surface area (Å²) in [5, 5.41) is 0. The average molecular weight is 1180 g/mol. The van der Waals surface area contributed by atoms with Crippen LogP contribution < -0.4 is 0 Å². The summed E-state index contributed by atoms with van der Waals surface area (Å²) in [5.41, 5.74) is 0. The molecule has 0 aliphatic heterocycles. The van der Waals surface area contributed by atoms with Gasteiger partial charge in [-0.25, -0.2) is 4.57 Å². The highest BCUT2D eigenvalue weighted by Gasteiger charge is 2.27. The third kappa shape index (κ3) is 66.0. The van der Waals surface area contributed by atoms with Crippen LogP contribution in [-0.2, 0) is 32.7 Å². The number of quaternary nitrogens is 1. The summed E-state index contributed by atoms with van der Waals surface area (Å²) in [5.74, 6) is -0.865. The highest BCUT2D eigenvalue weighted by Crippen LogP contribution is 2.43. The molecule has 0 aromatic rings. The topological polar surface area (TPSA) is 108 Å². The summed E-state index contributed by atoms with van der Waals surface area (Å²) >= 11 is 0. The van der Waals surface area contributed by atoms with Gasteiger partial charge in [0.15, 0.2) is 6.10 Å². The number of carbonyl (C=O) groups is 2. The number of hydrogen-bond donors (Lipinski definition) is 1. The number of phosphoric acid groups is 1. The predicted molar refractivity (Wildman–Crippen MR) is 362 cm³/mol. The monoisotopic (exact) mass is 1180 g/mol. The fourth-order valence-corrected chi connectivity index (χ4v) is 8.49. The Labute approximate surface area is 513 Å². The van der Waals surface area contributed by atoms with Crippen LogP contribution in [0.3, 0.4) is 0 Å². The molecule has 9 nitrogen and oxygen atoms in total. The molecule has 0 spiro atoms. The van der Waals surface area contributed by atoms with Crippen LogP contribution in [0.1, 0.15) is 206 Å². The number of unbranched alkanes of at least 4 members (excludes halogenated alkanes) is 10. The standard InChI is InChI=1S/C74H116NO8P/c1-6-8-10-12-14-16-18-20-22-24-26-27-28-29-30-31-32-33-34-35-36-37-38-39-40-41-42-43-44-45-46-47-49-51-53-55-57-59-61-63-65-67-74(77)83-72(71-82-84(78,79)81-69-68-75(3,4)5)70-80-73(76)66-64-62-60-58-56-54-52-50-48-25-23-21-19-17-15-13-11-9-7-2/h8-11,14-17,20-23,26-27,29-30,32-33,35-36,38-39,41-42,44-45,47-50,54,56,72H,6-7,12-13,18-19,24-25,28,31,34,37,40,43,46,51-53,55,57-71H2,1-5H3/p+1/b10-8-,11-9-,16-14-,17-15-,22-20-,23-21-,27-26-,30-29-,33-32-,36-35-,39-38-,42-41-,45-44-,49-47-,50-48-,56-54-. The second-order valence-corrected chi connectivity index (χ2v) is 23.1. The molecule has 0 radical (unpaired) electrons. The van der Waals surface area contributed by atoms with E-state index >= 15 is 0 Å². The van der Waals surface area contributed by atoms with E-state index in [1.807, 2.05) is 21.1 Å². The van der Waals surface area contributed by atoms with Gasteiger partial charge in [0, 0.05) is 12.8 Å². The van der Waals surface area contributed by atoms with Gasteiger partial charge in [-0.05, 0) is 141 Å². The van der Waals surface area contributed by atoms with E-state index in [0.29, 0.717) is 23.9 Å². The lowest BCUT2D eigenvalue weighted by Gasteiger charge is -2.24. The molecule has 0 heterocycles. The third-order valence-electron chi connectivity index (χ3n) is 12.6. The number of rotatable bonds is 56. The maximum absolute atomic E-state index is 12.8. The molecule has 0 aliphatic carbocycles. The molecule has 0 aromatic carbocycles. The zero-order valence-electron chi connectivity index (χ0n) is 53.3. The minimum atomic E-state index is -4.41. The van der Waals surface area contributed by atoms with Crippen molar-refractivity contribution in [1.82, 2.24) is 0 Å². The van der Waals surface area contributed by atoms with Gasteiger partial charge in [0.1, 0.15) is 19.8 Å². The quantitative estimate of drug-likeness (QED) is 0.0211. The van der Waals surface area contributed by atoms with Crippen molar-refractivity contribution in [2.45, 2.75) is 213 Å². The number of hydrogen-bond acceptors (Lipinski definition) is 7. The summed E-state index contributed by atoms with van der Waals surface area (Å²) in [6.45, 7) is 4.12. The average Bonchev–Trinajstić information content (AvgIpc) is 3.61. The van der Waals surface area contributed by atoms with Crippen LogP contribution in [0, 0.1) is 0 Å². The Kier molecular flexibility index (Phi) is 58.6. The maximum atomic E-state index is 12.8. The normalized spacial score (nSPS) is 14.5. The molecule has 470 valence electrons. The van der Waals surface area contributed by atoms with E-state index in [0.717, 1.165) is 154 Å². The first kappa shape index (κ1) is 78.8. The Balaban J connectivity index is 4.20. The van der Waals surface area contributed by atoms with Gasteiger partial charge in [-0.2, -0.15) is 0 Å². The van der Waals surface area contributed by atoms with Crippen molar-refractivity contribution in [3.63, 3.8) is 0 Å². The summed E-state index contributed by atoms with van der Waals surface area (Å²) in [4.78, 5) is 35.7. The van der Waals surface area contributed by atoms with Crippen LogP contribution in [0.5, 0.6) is 0 Å². The Hall–Kier alpha value is -5.15. The van der Waals surface area contributed by atoms with Gasteiger partial charge in [-0.3, -0.25) is 18.6 Å². The molecule has 0 rings (SSSR count). The second kappa shape index (κ2) is 62.4. The van der Waals surface area contributed by atoms with Gasteiger partial charge < -0.3 is 18.9 Å². The number of nitrogens with zero attached hydrogens (tertiary/aromatic N) is 1.